The first-order chi connectivity index (χ1) is 6.65. The molecular formula is C9H8ClNO3. The van der Waals surface area contributed by atoms with E-state index in [9.17, 15) is 14.8 Å². The number of aliphatic hydroxyl groups excluding tert-OH is 1. The lowest BCUT2D eigenvalue weighted by molar-refractivity contribution is -0.119. The first-order valence-corrected chi connectivity index (χ1v) is 4.31. The van der Waals surface area contributed by atoms with Crippen LogP contribution in [0.3, 0.4) is 0 Å². The van der Waals surface area contributed by atoms with Crippen molar-refractivity contribution in [2.24, 2.45) is 5.18 Å². The number of hydrogen-bond acceptors (Lipinski definition) is 3. The number of carbonyl (C=O) groups is 1. The first kappa shape index (κ1) is 10.8. The van der Waals surface area contributed by atoms with E-state index in [0.717, 1.165) is 0 Å². The summed E-state index contributed by atoms with van der Waals surface area (Å²) in [4.78, 5) is 20.4. The minimum atomic E-state index is -1.08. The maximum Gasteiger partial charge on any atom is 0.289 e. The topological polar surface area (TPSA) is 66.7 Å². The molecule has 0 aliphatic carbocycles. The molecule has 0 heterocycles. The van der Waals surface area contributed by atoms with Gasteiger partial charge in [0.2, 0.25) is 0 Å². The number of nitroso groups, excluding NO2 is 1. The molecule has 0 saturated heterocycles. The van der Waals surface area contributed by atoms with Gasteiger partial charge in [0.25, 0.3) is 5.91 Å². The van der Waals surface area contributed by atoms with Gasteiger partial charge in [-0.1, -0.05) is 29.8 Å². The van der Waals surface area contributed by atoms with Gasteiger partial charge in [-0.05, 0) is 11.6 Å². The molecule has 0 aliphatic rings. The standard InChI is InChI=1S/C9H8ClNO3/c10-7-4-2-1-3-6(7)8(12)5-9(13)11-14/h1-4,8,12H,5H2/t8-/m1/s1. The van der Waals surface area contributed by atoms with Gasteiger partial charge < -0.3 is 5.11 Å². The van der Waals surface area contributed by atoms with Gasteiger partial charge in [0, 0.05) is 10.2 Å². The number of rotatable bonds is 3. The number of carbonyl (C=O) groups excluding carboxylic acids is 1. The Balaban J connectivity index is 2.79. The second-order valence-corrected chi connectivity index (χ2v) is 3.13. The smallest absolute Gasteiger partial charge is 0.289 e. The molecule has 0 bridgehead atoms. The van der Waals surface area contributed by atoms with E-state index in [2.05, 4.69) is 5.18 Å². The summed E-state index contributed by atoms with van der Waals surface area (Å²) in [7, 11) is 0. The highest BCUT2D eigenvalue weighted by Crippen LogP contribution is 2.24. The van der Waals surface area contributed by atoms with Crippen molar-refractivity contribution in [3.63, 3.8) is 0 Å². The van der Waals surface area contributed by atoms with Crippen LogP contribution >= 0.6 is 11.6 Å². The molecule has 0 radical (unpaired) electrons. The Morgan fingerprint density at radius 1 is 1.50 bits per heavy atom. The Morgan fingerprint density at radius 3 is 2.71 bits per heavy atom. The summed E-state index contributed by atoms with van der Waals surface area (Å²) in [5.74, 6) is -0.891. The van der Waals surface area contributed by atoms with Crippen molar-refractivity contribution in [1.29, 1.82) is 0 Å². The fraction of sp³-hybridized carbons (Fsp3) is 0.222. The quantitative estimate of drug-likeness (QED) is 0.782. The van der Waals surface area contributed by atoms with Crippen LogP contribution < -0.4 is 0 Å². The molecule has 1 rings (SSSR count). The molecule has 4 nitrogen and oxygen atoms in total. The molecule has 0 unspecified atom stereocenters. The SMILES string of the molecule is O=NC(=O)C[C@@H](O)c1ccccc1Cl. The van der Waals surface area contributed by atoms with Crippen LogP contribution in [0, 0.1) is 4.91 Å². The Bertz CT molecular complexity index is 354. The third kappa shape index (κ3) is 2.61. The minimum absolute atomic E-state index is 0.340. The average molecular weight is 214 g/mol. The lowest BCUT2D eigenvalue weighted by Crippen LogP contribution is -2.04. The molecule has 1 atom stereocenters. The highest BCUT2D eigenvalue weighted by Gasteiger charge is 2.15. The van der Waals surface area contributed by atoms with E-state index in [1.54, 1.807) is 24.3 Å². The molecular weight excluding hydrogens is 206 g/mol. The molecule has 0 spiro atoms. The number of halogens is 1. The fourth-order valence-corrected chi connectivity index (χ4v) is 1.32. The third-order valence-electron chi connectivity index (χ3n) is 1.73. The molecule has 14 heavy (non-hydrogen) atoms. The van der Waals surface area contributed by atoms with Crippen molar-refractivity contribution in [3.8, 4) is 0 Å². The summed E-state index contributed by atoms with van der Waals surface area (Å²) in [5, 5.41) is 12.1. The van der Waals surface area contributed by atoms with Gasteiger partial charge in [-0.2, -0.15) is 0 Å². The molecule has 1 aromatic rings. The maximum absolute atomic E-state index is 10.6. The van der Waals surface area contributed by atoms with Crippen molar-refractivity contribution in [2.45, 2.75) is 12.5 Å². The molecule has 0 aromatic heterocycles. The highest BCUT2D eigenvalue weighted by molar-refractivity contribution is 6.31. The predicted octanol–water partition coefficient (Wildman–Crippen LogP) is 2.06. The Kier molecular flexibility index (Phi) is 3.73. The van der Waals surface area contributed by atoms with E-state index in [4.69, 9.17) is 11.6 Å². The van der Waals surface area contributed by atoms with Crippen LogP contribution in [0.15, 0.2) is 29.4 Å². The van der Waals surface area contributed by atoms with Crippen LogP contribution in [0.4, 0.5) is 0 Å². The minimum Gasteiger partial charge on any atom is -0.388 e. The second-order valence-electron chi connectivity index (χ2n) is 2.73. The maximum atomic E-state index is 10.6. The summed E-state index contributed by atoms with van der Waals surface area (Å²) in [6.07, 6.45) is -1.42. The summed E-state index contributed by atoms with van der Waals surface area (Å²) >= 11 is 5.77. The van der Waals surface area contributed by atoms with E-state index < -0.39 is 12.0 Å². The number of benzene rings is 1. The lowest BCUT2D eigenvalue weighted by atomic mass is 10.1. The van der Waals surface area contributed by atoms with Gasteiger partial charge in [0.15, 0.2) is 0 Å². The first-order valence-electron chi connectivity index (χ1n) is 3.94. The Morgan fingerprint density at radius 2 is 2.14 bits per heavy atom. The average Bonchev–Trinajstić information content (AvgIpc) is 2.18. The largest absolute Gasteiger partial charge is 0.388 e. The van der Waals surface area contributed by atoms with Crippen molar-refractivity contribution < 1.29 is 9.90 Å². The van der Waals surface area contributed by atoms with Gasteiger partial charge in [0.1, 0.15) is 0 Å². The number of aliphatic hydroxyl groups is 1. The zero-order chi connectivity index (χ0) is 10.6. The fourth-order valence-electron chi connectivity index (χ4n) is 1.06. The van der Waals surface area contributed by atoms with E-state index in [1.807, 2.05) is 0 Å². The van der Waals surface area contributed by atoms with Crippen LogP contribution in [-0.2, 0) is 4.79 Å². The summed E-state index contributed by atoms with van der Waals surface area (Å²) in [6.45, 7) is 0. The zero-order valence-electron chi connectivity index (χ0n) is 7.18. The molecule has 0 aliphatic heterocycles. The van der Waals surface area contributed by atoms with Gasteiger partial charge >= 0.3 is 0 Å². The van der Waals surface area contributed by atoms with Crippen LogP contribution in [0.25, 0.3) is 0 Å². The van der Waals surface area contributed by atoms with E-state index in [1.165, 1.54) is 0 Å². The molecule has 5 heteroatoms. The molecule has 1 amide bonds. The summed E-state index contributed by atoms with van der Waals surface area (Å²) in [6, 6.07) is 6.58. The van der Waals surface area contributed by atoms with Crippen molar-refractivity contribution >= 4 is 17.5 Å². The van der Waals surface area contributed by atoms with Crippen molar-refractivity contribution in [2.75, 3.05) is 0 Å². The van der Waals surface area contributed by atoms with Crippen LogP contribution in [-0.4, -0.2) is 11.0 Å². The van der Waals surface area contributed by atoms with Crippen molar-refractivity contribution in [3.05, 3.63) is 39.8 Å². The van der Waals surface area contributed by atoms with E-state index >= 15 is 0 Å². The predicted molar refractivity (Wildman–Crippen MR) is 51.8 cm³/mol. The second kappa shape index (κ2) is 4.83. The lowest BCUT2D eigenvalue weighted by Gasteiger charge is -2.09. The Labute approximate surface area is 85.5 Å². The number of nitrogens with zero attached hydrogens (tertiary/aromatic N) is 1. The van der Waals surface area contributed by atoms with Gasteiger partial charge in [-0.25, -0.2) is 0 Å². The molecule has 0 fully saturated rings. The van der Waals surface area contributed by atoms with Crippen LogP contribution in [0.2, 0.25) is 5.02 Å². The molecule has 1 aromatic carbocycles. The van der Waals surface area contributed by atoms with Gasteiger partial charge in [0.05, 0.1) is 12.5 Å². The molecule has 0 saturated carbocycles. The number of hydrogen-bond donors (Lipinski definition) is 1. The molecule has 74 valence electrons. The zero-order valence-corrected chi connectivity index (χ0v) is 7.94. The van der Waals surface area contributed by atoms with Gasteiger partial charge in [-0.3, -0.25) is 4.79 Å². The third-order valence-corrected chi connectivity index (χ3v) is 2.08. The summed E-state index contributed by atoms with van der Waals surface area (Å²) < 4.78 is 0. The van der Waals surface area contributed by atoms with E-state index in [-0.39, 0.29) is 6.42 Å². The monoisotopic (exact) mass is 213 g/mol. The van der Waals surface area contributed by atoms with Gasteiger partial charge in [-0.15, -0.1) is 4.91 Å². The number of amides is 1. The normalized spacial score (nSPS) is 12.1. The molecule has 1 N–H and O–H groups in total. The Hall–Kier alpha value is -1.26. The summed E-state index contributed by atoms with van der Waals surface area (Å²) in [5.41, 5.74) is 0.422. The van der Waals surface area contributed by atoms with Crippen molar-refractivity contribution in [1.82, 2.24) is 0 Å². The highest BCUT2D eigenvalue weighted by atomic mass is 35.5. The van der Waals surface area contributed by atoms with Crippen LogP contribution in [0.5, 0.6) is 0 Å². The van der Waals surface area contributed by atoms with E-state index in [0.29, 0.717) is 10.6 Å². The van der Waals surface area contributed by atoms with Crippen LogP contribution in [0.1, 0.15) is 18.1 Å².